The molecular formula is C16H32N2O. The first-order valence-electron chi connectivity index (χ1n) is 8.28. The van der Waals surface area contributed by atoms with Gasteiger partial charge in [-0.05, 0) is 51.6 Å². The summed E-state index contributed by atoms with van der Waals surface area (Å²) in [4.78, 5) is 2.52. The summed E-state index contributed by atoms with van der Waals surface area (Å²) in [5, 5.41) is 13.6. The highest BCUT2D eigenvalue weighted by Gasteiger charge is 2.45. The lowest BCUT2D eigenvalue weighted by molar-refractivity contribution is 0.0742. The van der Waals surface area contributed by atoms with Crippen molar-refractivity contribution < 1.29 is 5.11 Å². The van der Waals surface area contributed by atoms with Gasteiger partial charge in [-0.3, -0.25) is 0 Å². The quantitative estimate of drug-likeness (QED) is 0.709. The second-order valence-electron chi connectivity index (χ2n) is 6.72. The first-order valence-corrected chi connectivity index (χ1v) is 8.28. The van der Waals surface area contributed by atoms with E-state index in [0.29, 0.717) is 5.92 Å². The Balaban J connectivity index is 1.93. The van der Waals surface area contributed by atoms with Gasteiger partial charge in [0.2, 0.25) is 0 Å². The summed E-state index contributed by atoms with van der Waals surface area (Å²) in [7, 11) is 2.26. The van der Waals surface area contributed by atoms with Crippen LogP contribution in [-0.2, 0) is 0 Å². The molecule has 0 aliphatic heterocycles. The molecule has 0 bridgehead atoms. The van der Waals surface area contributed by atoms with E-state index in [1.165, 1.54) is 44.9 Å². The van der Waals surface area contributed by atoms with E-state index in [-0.39, 0.29) is 12.1 Å². The van der Waals surface area contributed by atoms with Gasteiger partial charge in [-0.15, -0.1) is 0 Å². The monoisotopic (exact) mass is 268 g/mol. The van der Waals surface area contributed by atoms with Crippen molar-refractivity contribution in [1.82, 2.24) is 10.2 Å². The highest BCUT2D eigenvalue weighted by atomic mass is 16.3. The summed E-state index contributed by atoms with van der Waals surface area (Å²) in [6.07, 6.45) is 10.6. The number of aliphatic hydroxyl groups is 1. The molecule has 2 N–H and O–H groups in total. The third kappa shape index (κ3) is 3.93. The second-order valence-corrected chi connectivity index (χ2v) is 6.72. The van der Waals surface area contributed by atoms with Crippen LogP contribution in [0.5, 0.6) is 0 Å². The lowest BCUT2D eigenvalue weighted by atomic mass is 9.89. The molecule has 2 aliphatic carbocycles. The van der Waals surface area contributed by atoms with Crippen LogP contribution in [0.1, 0.15) is 58.3 Å². The number of rotatable bonds is 8. The van der Waals surface area contributed by atoms with E-state index in [0.717, 1.165) is 25.6 Å². The van der Waals surface area contributed by atoms with Crippen molar-refractivity contribution in [2.24, 2.45) is 5.92 Å². The molecule has 0 spiro atoms. The molecule has 0 aromatic carbocycles. The van der Waals surface area contributed by atoms with Crippen molar-refractivity contribution in [3.63, 3.8) is 0 Å². The van der Waals surface area contributed by atoms with E-state index in [2.05, 4.69) is 24.2 Å². The number of likely N-dealkylation sites (N-methyl/N-ethyl adjacent to an activating group) is 1. The molecule has 2 rings (SSSR count). The zero-order valence-corrected chi connectivity index (χ0v) is 12.8. The van der Waals surface area contributed by atoms with Crippen molar-refractivity contribution in [2.75, 3.05) is 26.7 Å². The van der Waals surface area contributed by atoms with Crippen LogP contribution in [0, 0.1) is 5.92 Å². The van der Waals surface area contributed by atoms with Crippen molar-refractivity contribution >= 4 is 0 Å². The maximum atomic E-state index is 9.97. The standard InChI is InChI=1S/C16H32N2O/c1-3-11-17-16(13-19,14-9-10-14)12-18(2)15-7-5-4-6-8-15/h14-15,17,19H,3-13H2,1-2H3. The van der Waals surface area contributed by atoms with Crippen molar-refractivity contribution in [1.29, 1.82) is 0 Å². The Bertz CT molecular complexity index is 261. The predicted octanol–water partition coefficient (Wildman–Crippen LogP) is 2.39. The molecule has 3 heteroatoms. The second kappa shape index (κ2) is 7.05. The molecule has 3 nitrogen and oxygen atoms in total. The van der Waals surface area contributed by atoms with Gasteiger partial charge in [-0.2, -0.15) is 0 Å². The number of hydrogen-bond acceptors (Lipinski definition) is 3. The van der Waals surface area contributed by atoms with E-state index in [9.17, 15) is 5.11 Å². The zero-order chi connectivity index (χ0) is 13.7. The summed E-state index contributed by atoms with van der Waals surface area (Å²) >= 11 is 0. The lowest BCUT2D eigenvalue weighted by Gasteiger charge is -2.41. The fourth-order valence-corrected chi connectivity index (χ4v) is 3.67. The molecule has 0 amide bonds. The predicted molar refractivity (Wildman–Crippen MR) is 80.3 cm³/mol. The van der Waals surface area contributed by atoms with Gasteiger partial charge in [0.05, 0.1) is 12.1 Å². The molecule has 1 unspecified atom stereocenters. The first-order chi connectivity index (χ1) is 9.22. The minimum atomic E-state index is -0.0395. The van der Waals surface area contributed by atoms with Crippen LogP contribution in [0.15, 0.2) is 0 Å². The topological polar surface area (TPSA) is 35.5 Å². The molecule has 19 heavy (non-hydrogen) atoms. The highest BCUT2D eigenvalue weighted by Crippen LogP contribution is 2.40. The Morgan fingerprint density at radius 1 is 1.16 bits per heavy atom. The minimum absolute atomic E-state index is 0.0395. The largest absolute Gasteiger partial charge is 0.394 e. The van der Waals surface area contributed by atoms with Crippen molar-refractivity contribution in [3.8, 4) is 0 Å². The number of hydrogen-bond donors (Lipinski definition) is 2. The molecule has 0 saturated heterocycles. The molecule has 0 aromatic heterocycles. The Morgan fingerprint density at radius 2 is 1.84 bits per heavy atom. The average molecular weight is 268 g/mol. The van der Waals surface area contributed by atoms with Gasteiger partial charge in [-0.1, -0.05) is 26.2 Å². The Morgan fingerprint density at radius 3 is 2.37 bits per heavy atom. The zero-order valence-electron chi connectivity index (χ0n) is 12.8. The molecule has 0 radical (unpaired) electrons. The lowest BCUT2D eigenvalue weighted by Crippen LogP contribution is -2.59. The smallest absolute Gasteiger partial charge is 0.0628 e. The van der Waals surface area contributed by atoms with Gasteiger partial charge < -0.3 is 15.3 Å². The molecule has 2 fully saturated rings. The number of aliphatic hydroxyl groups excluding tert-OH is 1. The van der Waals surface area contributed by atoms with Crippen LogP contribution in [0.3, 0.4) is 0 Å². The van der Waals surface area contributed by atoms with Crippen LogP contribution >= 0.6 is 0 Å². The maximum Gasteiger partial charge on any atom is 0.0628 e. The summed E-state index contributed by atoms with van der Waals surface area (Å²) in [6, 6.07) is 0.738. The van der Waals surface area contributed by atoms with Gasteiger partial charge in [0.1, 0.15) is 0 Å². The van der Waals surface area contributed by atoms with Gasteiger partial charge in [0, 0.05) is 12.6 Å². The molecule has 2 saturated carbocycles. The molecule has 1 atom stereocenters. The van der Waals surface area contributed by atoms with Gasteiger partial charge in [0.25, 0.3) is 0 Å². The fourth-order valence-electron chi connectivity index (χ4n) is 3.67. The summed E-state index contributed by atoms with van der Waals surface area (Å²) in [5.41, 5.74) is -0.0395. The summed E-state index contributed by atoms with van der Waals surface area (Å²) in [5.74, 6) is 0.690. The third-order valence-corrected chi connectivity index (χ3v) is 5.10. The van der Waals surface area contributed by atoms with Gasteiger partial charge >= 0.3 is 0 Å². The Hall–Kier alpha value is -0.120. The van der Waals surface area contributed by atoms with E-state index in [1.807, 2.05) is 0 Å². The normalized spacial score (nSPS) is 24.6. The van der Waals surface area contributed by atoms with Crippen molar-refractivity contribution in [2.45, 2.75) is 69.9 Å². The van der Waals surface area contributed by atoms with Gasteiger partial charge in [-0.25, -0.2) is 0 Å². The maximum absolute atomic E-state index is 9.97. The average Bonchev–Trinajstić information content (AvgIpc) is 3.29. The fraction of sp³-hybridized carbons (Fsp3) is 1.00. The van der Waals surface area contributed by atoms with Crippen LogP contribution in [0.4, 0.5) is 0 Å². The van der Waals surface area contributed by atoms with E-state index >= 15 is 0 Å². The first kappa shape index (κ1) is 15.3. The molecule has 0 heterocycles. The van der Waals surface area contributed by atoms with E-state index < -0.39 is 0 Å². The number of nitrogens with one attached hydrogen (secondary N) is 1. The van der Waals surface area contributed by atoms with E-state index in [4.69, 9.17) is 0 Å². The van der Waals surface area contributed by atoms with Crippen LogP contribution in [0.2, 0.25) is 0 Å². The Labute approximate surface area is 118 Å². The van der Waals surface area contributed by atoms with Crippen LogP contribution in [-0.4, -0.2) is 48.3 Å². The highest BCUT2D eigenvalue weighted by molar-refractivity contribution is 5.03. The molecule has 0 aromatic rings. The SMILES string of the molecule is CCCNC(CO)(CN(C)C1CCCCC1)C1CC1. The van der Waals surface area contributed by atoms with Crippen LogP contribution in [0.25, 0.3) is 0 Å². The van der Waals surface area contributed by atoms with E-state index in [1.54, 1.807) is 0 Å². The Kier molecular flexibility index (Phi) is 5.67. The molecule has 112 valence electrons. The third-order valence-electron chi connectivity index (χ3n) is 5.10. The van der Waals surface area contributed by atoms with Crippen molar-refractivity contribution in [3.05, 3.63) is 0 Å². The molecule has 2 aliphatic rings. The van der Waals surface area contributed by atoms with Gasteiger partial charge in [0.15, 0.2) is 0 Å². The summed E-state index contributed by atoms with van der Waals surface area (Å²) < 4.78 is 0. The minimum Gasteiger partial charge on any atom is -0.394 e. The summed E-state index contributed by atoms with van der Waals surface area (Å²) in [6.45, 7) is 4.52. The number of nitrogens with zero attached hydrogens (tertiary/aromatic N) is 1. The molecular weight excluding hydrogens is 236 g/mol. The van der Waals surface area contributed by atoms with Crippen LogP contribution < -0.4 is 5.32 Å².